The zero-order valence-corrected chi connectivity index (χ0v) is 14.6. The van der Waals surface area contributed by atoms with Crippen LogP contribution in [0.1, 0.15) is 29.5 Å². The van der Waals surface area contributed by atoms with Crippen molar-refractivity contribution < 1.29 is 14.3 Å². The van der Waals surface area contributed by atoms with E-state index in [4.69, 9.17) is 16.0 Å². The lowest BCUT2D eigenvalue weighted by Gasteiger charge is -2.15. The molecule has 0 fully saturated rings. The highest BCUT2D eigenvalue weighted by Crippen LogP contribution is 2.32. The Bertz CT molecular complexity index is 1000. The highest BCUT2D eigenvalue weighted by Gasteiger charge is 2.23. The fraction of sp³-hybridized carbons (Fsp3) is 0.200. The van der Waals surface area contributed by atoms with Crippen molar-refractivity contribution in [1.82, 2.24) is 0 Å². The number of aryl methyl sites for hydroxylation is 1. The van der Waals surface area contributed by atoms with Crippen molar-refractivity contribution in [3.8, 4) is 5.75 Å². The molecule has 0 bridgehead atoms. The van der Waals surface area contributed by atoms with Gasteiger partial charge in [0.15, 0.2) is 0 Å². The van der Waals surface area contributed by atoms with Crippen molar-refractivity contribution >= 4 is 28.4 Å². The van der Waals surface area contributed by atoms with E-state index in [-0.39, 0.29) is 23.5 Å². The van der Waals surface area contributed by atoms with Gasteiger partial charge < -0.3 is 9.52 Å². The second kappa shape index (κ2) is 6.73. The van der Waals surface area contributed by atoms with E-state index in [0.717, 1.165) is 11.1 Å². The molecule has 5 heteroatoms. The molecule has 128 valence electrons. The summed E-state index contributed by atoms with van der Waals surface area (Å²) in [5.74, 6) is -0.797. The van der Waals surface area contributed by atoms with E-state index in [1.165, 1.54) is 6.92 Å². The minimum atomic E-state index is -0.625. The Labute approximate surface area is 149 Å². The fourth-order valence-electron chi connectivity index (χ4n) is 2.96. The van der Waals surface area contributed by atoms with E-state index in [0.29, 0.717) is 16.0 Å². The average molecular weight is 357 g/mol. The lowest BCUT2D eigenvalue weighted by Crippen LogP contribution is -2.17. The monoisotopic (exact) mass is 356 g/mol. The standard InChI is InChI=1S/C20H17ClO4/c1-11-4-3-5-15-18(23)17(20(24)25-19(11)15)10-16(12(2)22)13-6-8-14(21)9-7-13/h3-9,16,23H,10H2,1-2H3. The summed E-state index contributed by atoms with van der Waals surface area (Å²) in [4.78, 5) is 24.5. The molecule has 1 heterocycles. The molecule has 0 aliphatic rings. The lowest BCUT2D eigenvalue weighted by molar-refractivity contribution is -0.118. The van der Waals surface area contributed by atoms with Gasteiger partial charge in [0.25, 0.3) is 0 Å². The molecule has 1 unspecified atom stereocenters. The molecule has 4 nitrogen and oxygen atoms in total. The van der Waals surface area contributed by atoms with E-state index in [1.54, 1.807) is 49.4 Å². The van der Waals surface area contributed by atoms with Crippen molar-refractivity contribution in [2.75, 3.05) is 0 Å². The second-order valence-corrected chi connectivity index (χ2v) is 6.52. The summed E-state index contributed by atoms with van der Waals surface area (Å²) < 4.78 is 5.39. The summed E-state index contributed by atoms with van der Waals surface area (Å²) in [7, 11) is 0. The number of hydrogen-bond acceptors (Lipinski definition) is 4. The number of aromatic hydroxyl groups is 1. The molecule has 0 saturated heterocycles. The zero-order chi connectivity index (χ0) is 18.1. The summed E-state index contributed by atoms with van der Waals surface area (Å²) in [5, 5.41) is 11.6. The molecule has 0 amide bonds. The third kappa shape index (κ3) is 3.30. The zero-order valence-electron chi connectivity index (χ0n) is 13.9. The van der Waals surface area contributed by atoms with E-state index < -0.39 is 11.5 Å². The summed E-state index contributed by atoms with van der Waals surface area (Å²) in [6, 6.07) is 12.2. The maximum Gasteiger partial charge on any atom is 0.343 e. The van der Waals surface area contributed by atoms with Gasteiger partial charge in [-0.25, -0.2) is 4.79 Å². The molecule has 0 aliphatic heterocycles. The van der Waals surface area contributed by atoms with Crippen LogP contribution in [-0.2, 0) is 11.2 Å². The van der Waals surface area contributed by atoms with Gasteiger partial charge in [-0.15, -0.1) is 0 Å². The molecule has 2 aromatic carbocycles. The number of rotatable bonds is 4. The van der Waals surface area contributed by atoms with Gasteiger partial charge in [0, 0.05) is 10.9 Å². The summed E-state index contributed by atoms with van der Waals surface area (Å²) in [6.07, 6.45) is 0.0645. The van der Waals surface area contributed by atoms with Gasteiger partial charge in [0.1, 0.15) is 17.1 Å². The Hall–Kier alpha value is -2.59. The Morgan fingerprint density at radius 3 is 2.52 bits per heavy atom. The lowest BCUT2D eigenvalue weighted by atomic mass is 9.89. The molecule has 0 radical (unpaired) electrons. The van der Waals surface area contributed by atoms with Gasteiger partial charge in [-0.2, -0.15) is 0 Å². The molecular weight excluding hydrogens is 340 g/mol. The smallest absolute Gasteiger partial charge is 0.343 e. The fourth-order valence-corrected chi connectivity index (χ4v) is 3.09. The first kappa shape index (κ1) is 17.2. The minimum absolute atomic E-state index is 0.0645. The number of carbonyl (C=O) groups is 1. The van der Waals surface area contributed by atoms with Crippen molar-refractivity contribution in [1.29, 1.82) is 0 Å². The summed E-state index contributed by atoms with van der Waals surface area (Å²) in [5.41, 5.74) is 1.34. The van der Waals surface area contributed by atoms with Crippen LogP contribution < -0.4 is 5.63 Å². The van der Waals surface area contributed by atoms with Crippen molar-refractivity contribution in [3.05, 3.63) is 74.6 Å². The first-order chi connectivity index (χ1) is 11.9. The van der Waals surface area contributed by atoms with E-state index in [2.05, 4.69) is 0 Å². The number of benzene rings is 2. The predicted molar refractivity (Wildman–Crippen MR) is 97.5 cm³/mol. The molecule has 0 spiro atoms. The van der Waals surface area contributed by atoms with Crippen LogP contribution in [0.4, 0.5) is 0 Å². The van der Waals surface area contributed by atoms with Gasteiger partial charge in [0.2, 0.25) is 0 Å². The number of hydrogen-bond donors (Lipinski definition) is 1. The van der Waals surface area contributed by atoms with Crippen LogP contribution in [0.15, 0.2) is 51.7 Å². The SMILES string of the molecule is CC(=O)C(Cc1c(O)c2cccc(C)c2oc1=O)c1ccc(Cl)cc1. The maximum absolute atomic E-state index is 12.4. The number of halogens is 1. The Morgan fingerprint density at radius 2 is 1.88 bits per heavy atom. The van der Waals surface area contributed by atoms with Crippen molar-refractivity contribution in [2.24, 2.45) is 0 Å². The second-order valence-electron chi connectivity index (χ2n) is 6.09. The molecule has 3 aromatic rings. The Balaban J connectivity index is 2.10. The van der Waals surface area contributed by atoms with Crippen LogP contribution in [0, 0.1) is 6.92 Å². The largest absolute Gasteiger partial charge is 0.507 e. The van der Waals surface area contributed by atoms with Gasteiger partial charge in [-0.1, -0.05) is 35.9 Å². The number of para-hydroxylation sites is 1. The van der Waals surface area contributed by atoms with Crippen molar-refractivity contribution in [2.45, 2.75) is 26.2 Å². The third-order valence-corrected chi connectivity index (χ3v) is 4.62. The number of Topliss-reactive ketones (excluding diaryl/α,β-unsaturated/α-hetero) is 1. The molecule has 25 heavy (non-hydrogen) atoms. The van der Waals surface area contributed by atoms with Crippen LogP contribution in [-0.4, -0.2) is 10.9 Å². The quantitative estimate of drug-likeness (QED) is 0.704. The molecule has 1 aromatic heterocycles. The maximum atomic E-state index is 12.4. The topological polar surface area (TPSA) is 67.5 Å². The highest BCUT2D eigenvalue weighted by atomic mass is 35.5. The average Bonchev–Trinajstić information content (AvgIpc) is 2.57. The minimum Gasteiger partial charge on any atom is -0.507 e. The predicted octanol–water partition coefficient (Wildman–Crippen LogP) is 4.38. The van der Waals surface area contributed by atoms with Crippen LogP contribution in [0.2, 0.25) is 5.02 Å². The molecule has 1 N–H and O–H groups in total. The van der Waals surface area contributed by atoms with Gasteiger partial charge >= 0.3 is 5.63 Å². The first-order valence-electron chi connectivity index (χ1n) is 7.88. The number of fused-ring (bicyclic) bond motifs is 1. The van der Waals surface area contributed by atoms with E-state index in [9.17, 15) is 14.7 Å². The normalized spacial score (nSPS) is 12.3. The van der Waals surface area contributed by atoms with Gasteiger partial charge in [-0.05, 0) is 49.6 Å². The van der Waals surface area contributed by atoms with Gasteiger partial charge in [0.05, 0.1) is 10.9 Å². The van der Waals surface area contributed by atoms with Crippen LogP contribution in [0.5, 0.6) is 5.75 Å². The highest BCUT2D eigenvalue weighted by molar-refractivity contribution is 6.30. The van der Waals surface area contributed by atoms with E-state index in [1.807, 2.05) is 0 Å². The first-order valence-corrected chi connectivity index (χ1v) is 8.26. The summed E-state index contributed by atoms with van der Waals surface area (Å²) in [6.45, 7) is 3.26. The molecule has 0 saturated carbocycles. The molecule has 1 atom stereocenters. The van der Waals surface area contributed by atoms with Crippen LogP contribution in [0.25, 0.3) is 11.0 Å². The Kier molecular flexibility index (Phi) is 4.64. The molecule has 0 aliphatic carbocycles. The summed E-state index contributed by atoms with van der Waals surface area (Å²) >= 11 is 5.90. The molecule has 3 rings (SSSR count). The van der Waals surface area contributed by atoms with Crippen LogP contribution in [0.3, 0.4) is 0 Å². The Morgan fingerprint density at radius 1 is 1.20 bits per heavy atom. The van der Waals surface area contributed by atoms with E-state index >= 15 is 0 Å². The van der Waals surface area contributed by atoms with Crippen LogP contribution >= 0.6 is 11.6 Å². The third-order valence-electron chi connectivity index (χ3n) is 4.37. The number of carbonyl (C=O) groups excluding carboxylic acids is 1. The number of ketones is 1. The van der Waals surface area contributed by atoms with Gasteiger partial charge in [-0.3, -0.25) is 4.79 Å². The van der Waals surface area contributed by atoms with Crippen molar-refractivity contribution in [3.63, 3.8) is 0 Å². The molecular formula is C20H17ClO4.